The number of carboxylic acid groups (broad SMARTS) is 1. The highest BCUT2D eigenvalue weighted by molar-refractivity contribution is 6.08. The third-order valence-corrected chi connectivity index (χ3v) is 4.96. The van der Waals surface area contributed by atoms with Crippen molar-refractivity contribution in [3.63, 3.8) is 0 Å². The minimum absolute atomic E-state index is 0.0249. The highest BCUT2D eigenvalue weighted by Crippen LogP contribution is 2.27. The second kappa shape index (κ2) is 8.63. The lowest BCUT2D eigenvalue weighted by atomic mass is 10.0. The summed E-state index contributed by atoms with van der Waals surface area (Å²) in [5, 5.41) is 12.3. The first kappa shape index (κ1) is 20.0. The van der Waals surface area contributed by atoms with Crippen LogP contribution in [0.2, 0.25) is 0 Å². The average molecular weight is 408 g/mol. The van der Waals surface area contributed by atoms with Crippen molar-refractivity contribution in [1.29, 1.82) is 0 Å². The fraction of sp³-hybridized carbons (Fsp3) is 0.0385. The minimum atomic E-state index is -1.11. The molecule has 0 atom stereocenters. The Bertz CT molecular complexity index is 1270. The van der Waals surface area contributed by atoms with Gasteiger partial charge >= 0.3 is 5.97 Å². The summed E-state index contributed by atoms with van der Waals surface area (Å²) in [5.74, 6) is -1.53. The Balaban J connectivity index is 1.67. The van der Waals surface area contributed by atoms with Crippen molar-refractivity contribution in [2.24, 2.45) is 0 Å². The third-order valence-electron chi connectivity index (χ3n) is 4.96. The van der Waals surface area contributed by atoms with Gasteiger partial charge in [0.05, 0.1) is 16.8 Å². The molecule has 0 radical (unpaired) electrons. The predicted octanol–water partition coefficient (Wildman–Crippen LogP) is 5.67. The number of anilines is 1. The van der Waals surface area contributed by atoms with E-state index in [4.69, 9.17) is 0 Å². The zero-order valence-electron chi connectivity index (χ0n) is 16.9. The maximum atomic E-state index is 12.9. The first-order valence-electron chi connectivity index (χ1n) is 9.77. The quantitative estimate of drug-likeness (QED) is 0.446. The molecule has 5 heteroatoms. The molecule has 4 aromatic rings. The van der Waals surface area contributed by atoms with Crippen molar-refractivity contribution in [2.45, 2.75) is 6.92 Å². The Morgan fingerprint density at radius 3 is 2.26 bits per heavy atom. The number of pyridine rings is 1. The van der Waals surface area contributed by atoms with Crippen molar-refractivity contribution in [3.05, 3.63) is 108 Å². The summed E-state index contributed by atoms with van der Waals surface area (Å²) >= 11 is 0. The SMILES string of the molecule is Cc1cccc(-c2ccc(C(=O)O)c(NC(=O)c3cncc(-c4ccccc4)c3)c2)c1. The zero-order chi connectivity index (χ0) is 21.8. The molecule has 4 rings (SSSR count). The molecule has 31 heavy (non-hydrogen) atoms. The topological polar surface area (TPSA) is 79.3 Å². The maximum absolute atomic E-state index is 12.9. The standard InChI is InChI=1S/C26H20N2O3/c1-17-6-5-9-19(12-17)20-10-11-23(26(30)31)24(14-20)28-25(29)22-13-21(15-27-16-22)18-7-3-2-4-8-18/h2-16H,1H3,(H,28,29)(H,30,31). The van der Waals surface area contributed by atoms with Crippen molar-refractivity contribution in [3.8, 4) is 22.3 Å². The van der Waals surface area contributed by atoms with Crippen LogP contribution in [-0.4, -0.2) is 22.0 Å². The molecule has 0 aliphatic rings. The molecule has 2 N–H and O–H groups in total. The summed E-state index contributed by atoms with van der Waals surface area (Å²) in [6.07, 6.45) is 3.15. The Kier molecular flexibility index (Phi) is 5.58. The molecule has 152 valence electrons. The van der Waals surface area contributed by atoms with Crippen LogP contribution >= 0.6 is 0 Å². The Morgan fingerprint density at radius 1 is 0.774 bits per heavy atom. The van der Waals surface area contributed by atoms with E-state index < -0.39 is 11.9 Å². The van der Waals surface area contributed by atoms with E-state index in [1.54, 1.807) is 24.4 Å². The number of aromatic carboxylic acids is 1. The van der Waals surface area contributed by atoms with E-state index in [1.165, 1.54) is 12.3 Å². The number of hydrogen-bond donors (Lipinski definition) is 2. The van der Waals surface area contributed by atoms with Crippen LogP contribution in [0.4, 0.5) is 5.69 Å². The van der Waals surface area contributed by atoms with Gasteiger partial charge in [-0.2, -0.15) is 0 Å². The van der Waals surface area contributed by atoms with Crippen LogP contribution in [0.3, 0.4) is 0 Å². The number of hydrogen-bond acceptors (Lipinski definition) is 3. The molecule has 1 aromatic heterocycles. The van der Waals surface area contributed by atoms with Crippen LogP contribution in [0.15, 0.2) is 91.3 Å². The molecule has 0 aliphatic heterocycles. The van der Waals surface area contributed by atoms with Crippen molar-refractivity contribution in [1.82, 2.24) is 4.98 Å². The second-order valence-corrected chi connectivity index (χ2v) is 7.22. The van der Waals surface area contributed by atoms with E-state index in [9.17, 15) is 14.7 Å². The first-order chi connectivity index (χ1) is 15.0. The van der Waals surface area contributed by atoms with E-state index in [1.807, 2.05) is 61.5 Å². The van der Waals surface area contributed by atoms with Crippen molar-refractivity contribution in [2.75, 3.05) is 5.32 Å². The lowest BCUT2D eigenvalue weighted by molar-refractivity contribution is 0.0698. The summed E-state index contributed by atoms with van der Waals surface area (Å²) in [4.78, 5) is 28.8. The maximum Gasteiger partial charge on any atom is 0.337 e. The number of carboxylic acids is 1. The Labute approximate surface area is 180 Å². The second-order valence-electron chi connectivity index (χ2n) is 7.22. The summed E-state index contributed by atoms with van der Waals surface area (Å²) < 4.78 is 0. The lowest BCUT2D eigenvalue weighted by Crippen LogP contribution is -2.15. The fourth-order valence-electron chi connectivity index (χ4n) is 3.39. The van der Waals surface area contributed by atoms with E-state index in [0.717, 1.165) is 27.8 Å². The van der Waals surface area contributed by atoms with Crippen molar-refractivity contribution < 1.29 is 14.7 Å². The number of aromatic nitrogens is 1. The predicted molar refractivity (Wildman–Crippen MR) is 121 cm³/mol. The molecule has 0 fully saturated rings. The van der Waals surface area contributed by atoms with Gasteiger partial charge in [0.1, 0.15) is 0 Å². The highest BCUT2D eigenvalue weighted by atomic mass is 16.4. The molecule has 0 saturated carbocycles. The van der Waals surface area contributed by atoms with E-state index in [2.05, 4.69) is 10.3 Å². The number of rotatable bonds is 5. The largest absolute Gasteiger partial charge is 0.478 e. The van der Waals surface area contributed by atoms with E-state index in [-0.39, 0.29) is 11.3 Å². The van der Waals surface area contributed by atoms with Gasteiger partial charge in [-0.3, -0.25) is 9.78 Å². The van der Waals surface area contributed by atoms with Crippen LogP contribution in [0.25, 0.3) is 22.3 Å². The molecule has 5 nitrogen and oxygen atoms in total. The van der Waals surface area contributed by atoms with Gasteiger partial charge in [-0.15, -0.1) is 0 Å². The van der Waals surface area contributed by atoms with Gasteiger partial charge in [-0.1, -0.05) is 66.2 Å². The molecule has 0 bridgehead atoms. The number of nitrogens with one attached hydrogen (secondary N) is 1. The smallest absolute Gasteiger partial charge is 0.337 e. The number of benzene rings is 3. The molecular weight excluding hydrogens is 388 g/mol. The van der Waals surface area contributed by atoms with Crippen LogP contribution in [0.1, 0.15) is 26.3 Å². The summed E-state index contributed by atoms with van der Waals surface area (Å²) in [5.41, 5.74) is 5.21. The zero-order valence-corrected chi connectivity index (χ0v) is 16.9. The molecule has 0 aliphatic carbocycles. The van der Waals surface area contributed by atoms with Gasteiger partial charge in [-0.25, -0.2) is 4.79 Å². The van der Waals surface area contributed by atoms with Gasteiger partial charge in [-0.05, 0) is 41.8 Å². The van der Waals surface area contributed by atoms with E-state index >= 15 is 0 Å². The molecule has 1 heterocycles. The molecule has 1 amide bonds. The van der Waals surface area contributed by atoms with Gasteiger partial charge in [0.15, 0.2) is 0 Å². The minimum Gasteiger partial charge on any atom is -0.478 e. The van der Waals surface area contributed by atoms with Crippen LogP contribution in [0.5, 0.6) is 0 Å². The molecule has 0 spiro atoms. The number of amides is 1. The fourth-order valence-corrected chi connectivity index (χ4v) is 3.39. The van der Waals surface area contributed by atoms with Gasteiger partial charge in [0.2, 0.25) is 0 Å². The first-order valence-corrected chi connectivity index (χ1v) is 9.77. The highest BCUT2D eigenvalue weighted by Gasteiger charge is 2.16. The molecule has 0 unspecified atom stereocenters. The Hall–Kier alpha value is -4.25. The molecule has 0 saturated heterocycles. The number of nitrogens with zero attached hydrogens (tertiary/aromatic N) is 1. The van der Waals surface area contributed by atoms with Crippen molar-refractivity contribution >= 4 is 17.6 Å². The van der Waals surface area contributed by atoms with Gasteiger partial charge < -0.3 is 10.4 Å². The van der Waals surface area contributed by atoms with Crippen LogP contribution in [-0.2, 0) is 0 Å². The number of carbonyl (C=O) groups is 2. The average Bonchev–Trinajstić information content (AvgIpc) is 2.79. The number of aryl methyl sites for hydroxylation is 1. The van der Waals surface area contributed by atoms with Crippen LogP contribution < -0.4 is 5.32 Å². The number of carbonyl (C=O) groups excluding carboxylic acids is 1. The summed E-state index contributed by atoms with van der Waals surface area (Å²) in [7, 11) is 0. The van der Waals surface area contributed by atoms with Gasteiger partial charge in [0, 0.05) is 18.0 Å². The lowest BCUT2D eigenvalue weighted by Gasteiger charge is -2.12. The summed E-state index contributed by atoms with van der Waals surface area (Å²) in [6.45, 7) is 1.99. The van der Waals surface area contributed by atoms with E-state index in [0.29, 0.717) is 5.56 Å². The Morgan fingerprint density at radius 2 is 1.52 bits per heavy atom. The summed E-state index contributed by atoms with van der Waals surface area (Å²) in [6, 6.07) is 24.2. The van der Waals surface area contributed by atoms with Gasteiger partial charge in [0.25, 0.3) is 5.91 Å². The monoisotopic (exact) mass is 408 g/mol. The van der Waals surface area contributed by atoms with Crippen LogP contribution in [0, 0.1) is 6.92 Å². The third kappa shape index (κ3) is 4.51. The normalized spacial score (nSPS) is 10.5. The molecular formula is C26H20N2O3. The molecule has 3 aromatic carbocycles.